The molecule has 0 radical (unpaired) electrons. The molecule has 4 bridgehead atoms. The van der Waals surface area contributed by atoms with Crippen LogP contribution in [0.25, 0.3) is 0 Å². The third kappa shape index (κ3) is 6.56. The normalized spacial score (nSPS) is 18.6. The Morgan fingerprint density at radius 1 is 1.00 bits per heavy atom. The van der Waals surface area contributed by atoms with Gasteiger partial charge in [0.25, 0.3) is 11.8 Å². The molecule has 3 aromatic carbocycles. The van der Waals surface area contributed by atoms with Gasteiger partial charge in [-0.3, -0.25) is 14.4 Å². The van der Waals surface area contributed by atoms with E-state index in [2.05, 4.69) is 10.6 Å². The molecule has 0 aromatic heterocycles. The first-order valence-corrected chi connectivity index (χ1v) is 13.6. The van der Waals surface area contributed by atoms with Gasteiger partial charge in [0, 0.05) is 25.1 Å². The number of carbonyl (C=O) groups excluding carboxylic acids is 3. The lowest BCUT2D eigenvalue weighted by Gasteiger charge is -2.22. The average Bonchev–Trinajstić information content (AvgIpc) is 3.40. The van der Waals surface area contributed by atoms with E-state index in [1.54, 1.807) is 53.4 Å². The van der Waals surface area contributed by atoms with Crippen LogP contribution in [0.3, 0.4) is 0 Å². The third-order valence-electron chi connectivity index (χ3n) is 7.28. The van der Waals surface area contributed by atoms with Crippen LogP contribution in [0, 0.1) is 5.82 Å². The lowest BCUT2D eigenvalue weighted by molar-refractivity contribution is -0.130. The first-order valence-electron chi connectivity index (χ1n) is 13.6. The Kier molecular flexibility index (Phi) is 8.75. The zero-order valence-corrected chi connectivity index (χ0v) is 23.4. The predicted octanol–water partition coefficient (Wildman–Crippen LogP) is 2.87. The quantitative estimate of drug-likeness (QED) is 0.479. The van der Waals surface area contributed by atoms with Crippen LogP contribution in [-0.2, 0) is 22.6 Å². The zero-order chi connectivity index (χ0) is 29.6. The van der Waals surface area contributed by atoms with Gasteiger partial charge in [-0.2, -0.15) is 0 Å². The zero-order valence-electron chi connectivity index (χ0n) is 23.4. The van der Waals surface area contributed by atoms with Crippen molar-refractivity contribution in [3.05, 3.63) is 83.2 Å². The Balaban J connectivity index is 1.42. The molecule has 3 aliphatic rings. The molecule has 0 unspecified atom stereocenters. The molecule has 3 aliphatic heterocycles. The summed E-state index contributed by atoms with van der Waals surface area (Å²) < 4.78 is 37.0. The molecule has 6 rings (SSSR count). The van der Waals surface area contributed by atoms with Gasteiger partial charge in [0.2, 0.25) is 5.91 Å². The number of amides is 3. The Morgan fingerprint density at radius 3 is 2.60 bits per heavy atom. The SMILES string of the molecule is COc1ccc2cc1OCC(=O)NCc1ccc(c(OC)c1)O[C@H]1CN(C(=O)CCc3ccccc3F)C[C@@H]1NC2=O. The lowest BCUT2D eigenvalue weighted by atomic mass is 10.1. The van der Waals surface area contributed by atoms with Crippen LogP contribution in [0.2, 0.25) is 0 Å². The summed E-state index contributed by atoms with van der Waals surface area (Å²) in [6.07, 6.45) is -0.238. The second kappa shape index (κ2) is 12.8. The van der Waals surface area contributed by atoms with Gasteiger partial charge in [-0.1, -0.05) is 24.3 Å². The number of ether oxygens (including phenoxy) is 4. The van der Waals surface area contributed by atoms with E-state index in [0.717, 1.165) is 5.56 Å². The number of benzene rings is 3. The van der Waals surface area contributed by atoms with E-state index in [9.17, 15) is 18.8 Å². The van der Waals surface area contributed by atoms with E-state index in [-0.39, 0.29) is 68.0 Å². The van der Waals surface area contributed by atoms with Crippen LogP contribution in [0.15, 0.2) is 60.7 Å². The van der Waals surface area contributed by atoms with E-state index in [1.807, 2.05) is 0 Å². The number of hydrogen-bond acceptors (Lipinski definition) is 7. The minimum atomic E-state index is -0.601. The summed E-state index contributed by atoms with van der Waals surface area (Å²) in [5.41, 5.74) is 1.52. The topological polar surface area (TPSA) is 115 Å². The Morgan fingerprint density at radius 2 is 1.81 bits per heavy atom. The molecule has 42 heavy (non-hydrogen) atoms. The van der Waals surface area contributed by atoms with Gasteiger partial charge in [0.05, 0.1) is 26.8 Å². The molecule has 2 N–H and O–H groups in total. The highest BCUT2D eigenvalue weighted by atomic mass is 19.1. The summed E-state index contributed by atoms with van der Waals surface area (Å²) >= 11 is 0. The molecular formula is C31H32FN3O7. The number of carbonyl (C=O) groups is 3. The van der Waals surface area contributed by atoms with E-state index in [0.29, 0.717) is 22.8 Å². The van der Waals surface area contributed by atoms with E-state index in [4.69, 9.17) is 18.9 Å². The monoisotopic (exact) mass is 577 g/mol. The van der Waals surface area contributed by atoms with Crippen molar-refractivity contribution in [3.63, 3.8) is 0 Å². The number of methoxy groups -OCH3 is 2. The molecule has 0 aliphatic carbocycles. The second-order valence-electron chi connectivity index (χ2n) is 10.0. The maximum absolute atomic E-state index is 14.1. The van der Waals surface area contributed by atoms with Gasteiger partial charge in [-0.15, -0.1) is 0 Å². The van der Waals surface area contributed by atoms with Gasteiger partial charge in [0.15, 0.2) is 29.6 Å². The average molecular weight is 578 g/mol. The number of nitrogens with zero attached hydrogens (tertiary/aromatic N) is 1. The molecule has 220 valence electrons. The number of rotatable bonds is 5. The number of fused-ring (bicyclic) bond motifs is 7. The Labute approximate surface area is 242 Å². The maximum Gasteiger partial charge on any atom is 0.258 e. The Hall–Kier alpha value is -4.80. The lowest BCUT2D eigenvalue weighted by Crippen LogP contribution is -2.45. The molecule has 3 amide bonds. The second-order valence-corrected chi connectivity index (χ2v) is 10.0. The van der Waals surface area contributed by atoms with Crippen molar-refractivity contribution in [2.24, 2.45) is 0 Å². The van der Waals surface area contributed by atoms with Gasteiger partial charge < -0.3 is 34.5 Å². The predicted molar refractivity (Wildman–Crippen MR) is 150 cm³/mol. The fourth-order valence-electron chi connectivity index (χ4n) is 5.00. The molecule has 1 fully saturated rings. The molecule has 0 saturated carbocycles. The van der Waals surface area contributed by atoms with Gasteiger partial charge in [-0.05, 0) is 53.9 Å². The minimum Gasteiger partial charge on any atom is -0.493 e. The third-order valence-corrected chi connectivity index (χ3v) is 7.28. The van der Waals surface area contributed by atoms with Crippen molar-refractivity contribution in [1.29, 1.82) is 0 Å². The van der Waals surface area contributed by atoms with Crippen LogP contribution in [0.5, 0.6) is 23.0 Å². The van der Waals surface area contributed by atoms with Crippen LogP contribution in [0.4, 0.5) is 4.39 Å². The van der Waals surface area contributed by atoms with Crippen LogP contribution in [-0.4, -0.2) is 68.7 Å². The fraction of sp³-hybridized carbons (Fsp3) is 0.323. The number of likely N-dealkylation sites (tertiary alicyclic amines) is 1. The van der Waals surface area contributed by atoms with Crippen molar-refractivity contribution in [1.82, 2.24) is 15.5 Å². The standard InChI is InChI=1S/C31H32FN3O7/c1-39-24-11-8-21-14-27(24)41-18-29(36)33-15-19-7-10-25(26(13-19)40-2)42-28-17-35(16-23(28)34-31(21)38)30(37)12-9-20-5-3-4-6-22(20)32/h3-8,10-11,13-14,23,28H,9,12,15-18H2,1-2H3,(H,33,36)(H,34,38)/t23-,28-/m0/s1. The van der Waals surface area contributed by atoms with Crippen molar-refractivity contribution >= 4 is 17.7 Å². The summed E-state index contributed by atoms with van der Waals surface area (Å²) in [4.78, 5) is 40.7. The molecule has 11 heteroatoms. The molecule has 2 atom stereocenters. The largest absolute Gasteiger partial charge is 0.493 e. The van der Waals surface area contributed by atoms with Crippen LogP contribution < -0.4 is 29.6 Å². The van der Waals surface area contributed by atoms with Gasteiger partial charge in [-0.25, -0.2) is 4.39 Å². The van der Waals surface area contributed by atoms with Crippen molar-refractivity contribution in [3.8, 4) is 23.0 Å². The summed E-state index contributed by atoms with van der Waals surface area (Å²) in [6, 6.07) is 15.8. The molecule has 0 spiro atoms. The summed E-state index contributed by atoms with van der Waals surface area (Å²) in [7, 11) is 2.97. The van der Waals surface area contributed by atoms with Gasteiger partial charge in [0.1, 0.15) is 11.9 Å². The summed E-state index contributed by atoms with van der Waals surface area (Å²) in [5.74, 6) is 0.164. The van der Waals surface area contributed by atoms with Crippen molar-refractivity contribution in [2.45, 2.75) is 31.5 Å². The fourth-order valence-corrected chi connectivity index (χ4v) is 5.00. The van der Waals surface area contributed by atoms with E-state index >= 15 is 0 Å². The first-order chi connectivity index (χ1) is 20.3. The van der Waals surface area contributed by atoms with E-state index < -0.39 is 18.1 Å². The van der Waals surface area contributed by atoms with Crippen molar-refractivity contribution < 1.29 is 37.7 Å². The molecule has 3 heterocycles. The number of nitrogens with one attached hydrogen (secondary N) is 2. The summed E-state index contributed by atoms with van der Waals surface area (Å²) in [6.45, 7) is 0.352. The maximum atomic E-state index is 14.1. The summed E-state index contributed by atoms with van der Waals surface area (Å²) in [5, 5.41) is 5.78. The number of aryl methyl sites for hydroxylation is 1. The highest BCUT2D eigenvalue weighted by Crippen LogP contribution is 2.32. The van der Waals surface area contributed by atoms with E-state index in [1.165, 1.54) is 26.4 Å². The molecule has 1 saturated heterocycles. The van der Waals surface area contributed by atoms with Crippen LogP contribution >= 0.6 is 0 Å². The molecular weight excluding hydrogens is 545 g/mol. The Bertz CT molecular complexity index is 1480. The number of hydrogen-bond donors (Lipinski definition) is 2. The number of halogens is 1. The first kappa shape index (κ1) is 28.7. The van der Waals surface area contributed by atoms with Gasteiger partial charge >= 0.3 is 0 Å². The van der Waals surface area contributed by atoms with Crippen molar-refractivity contribution in [2.75, 3.05) is 33.9 Å². The minimum absolute atomic E-state index is 0.108. The highest BCUT2D eigenvalue weighted by molar-refractivity contribution is 5.95. The highest BCUT2D eigenvalue weighted by Gasteiger charge is 2.38. The molecule has 3 aromatic rings. The smallest absolute Gasteiger partial charge is 0.258 e. The molecule has 10 nitrogen and oxygen atoms in total. The van der Waals surface area contributed by atoms with Crippen LogP contribution in [0.1, 0.15) is 27.9 Å².